The average Bonchev–Trinajstić information content (AvgIpc) is 2.45. The Bertz CT molecular complexity index is 424. The molecule has 0 radical (unpaired) electrons. The third-order valence-electron chi connectivity index (χ3n) is 1.80. The van der Waals surface area contributed by atoms with Gasteiger partial charge < -0.3 is 16.0 Å². The lowest BCUT2D eigenvalue weighted by Gasteiger charge is -2.16. The Kier molecular flexibility index (Phi) is 2.79. The summed E-state index contributed by atoms with van der Waals surface area (Å²) in [6, 6.07) is 0. The van der Waals surface area contributed by atoms with E-state index in [1.165, 1.54) is 4.68 Å². The summed E-state index contributed by atoms with van der Waals surface area (Å²) >= 11 is 0. The van der Waals surface area contributed by atoms with Crippen LogP contribution in [-0.4, -0.2) is 24.8 Å². The second-order valence-electron chi connectivity index (χ2n) is 2.74. The topological polar surface area (TPSA) is 121 Å². The molecule has 8 heteroatoms. The predicted octanol–water partition coefficient (Wildman–Crippen LogP) is 0.783. The number of hydrogen-bond acceptors (Lipinski definition) is 4. The van der Waals surface area contributed by atoms with E-state index in [0.717, 1.165) is 12.6 Å². The van der Waals surface area contributed by atoms with E-state index in [1.54, 1.807) is 0 Å². The van der Waals surface area contributed by atoms with Crippen molar-refractivity contribution in [2.24, 2.45) is 0 Å². The van der Waals surface area contributed by atoms with Gasteiger partial charge in [-0.05, 0) is 0 Å². The van der Waals surface area contributed by atoms with Gasteiger partial charge in [-0.15, -0.1) is 0 Å². The molecule has 0 unspecified atom stereocenters. The zero-order chi connectivity index (χ0) is 9.47. The van der Waals surface area contributed by atoms with Crippen LogP contribution in [0.15, 0.2) is 11.1 Å². The van der Waals surface area contributed by atoms with Crippen LogP contribution in [-0.2, 0) is 16.6 Å². The zero-order valence-corrected chi connectivity index (χ0v) is 8.54. The molecule has 0 aliphatic carbocycles. The maximum atomic E-state index is 10.9. The van der Waals surface area contributed by atoms with Gasteiger partial charge in [0.05, 0.1) is 12.8 Å². The third kappa shape index (κ3) is 1.72. The van der Waals surface area contributed by atoms with Crippen molar-refractivity contribution in [3.05, 3.63) is 11.3 Å². The van der Waals surface area contributed by atoms with E-state index in [-0.39, 0.29) is 16.9 Å². The number of sulfonamides is 1. The summed E-state index contributed by atoms with van der Waals surface area (Å²) in [6.45, 7) is 1.12. The van der Waals surface area contributed by atoms with Crippen molar-refractivity contribution < 1.29 is 13.2 Å². The van der Waals surface area contributed by atoms with Gasteiger partial charge in [-0.1, -0.05) is 0 Å². The molecule has 0 bridgehead atoms. The first-order valence-corrected chi connectivity index (χ1v) is 5.25. The number of fused-ring (bicyclic) bond motifs is 1. The maximum Gasteiger partial charge on any atom is 0.229 e. The van der Waals surface area contributed by atoms with E-state index in [9.17, 15) is 8.42 Å². The molecule has 0 amide bonds. The van der Waals surface area contributed by atoms with Crippen LogP contribution < -0.4 is 10.9 Å². The Morgan fingerprint density at radius 2 is 2.29 bits per heavy atom. The van der Waals surface area contributed by atoms with Gasteiger partial charge in [0.2, 0.25) is 5.88 Å². The first kappa shape index (κ1) is 11.0. The van der Waals surface area contributed by atoms with Gasteiger partial charge in [0.25, 0.3) is 0 Å². The SMILES string of the molecule is [NH-]S(=O)(=O)c1cnn2c1OCCC2.[NH4+]. The molecule has 2 heterocycles. The molecule has 0 fully saturated rings. The van der Waals surface area contributed by atoms with Gasteiger partial charge in [0.1, 0.15) is 14.9 Å². The van der Waals surface area contributed by atoms with Crippen LogP contribution in [0.2, 0.25) is 0 Å². The van der Waals surface area contributed by atoms with Crippen LogP contribution in [0, 0.1) is 0 Å². The molecule has 7 nitrogen and oxygen atoms in total. The number of rotatable bonds is 1. The van der Waals surface area contributed by atoms with Crippen LogP contribution in [0.4, 0.5) is 0 Å². The second-order valence-corrected chi connectivity index (χ2v) is 4.19. The lowest BCUT2D eigenvalue weighted by atomic mass is 10.4. The molecule has 80 valence electrons. The van der Waals surface area contributed by atoms with Crippen LogP contribution in [0.25, 0.3) is 5.14 Å². The van der Waals surface area contributed by atoms with Crippen molar-refractivity contribution >= 4 is 10.0 Å². The molecule has 0 saturated carbocycles. The molecule has 1 aromatic heterocycles. The summed E-state index contributed by atoms with van der Waals surface area (Å²) < 4.78 is 28.4. The van der Waals surface area contributed by atoms with Crippen molar-refractivity contribution in [2.75, 3.05) is 6.61 Å². The van der Waals surface area contributed by atoms with Crippen molar-refractivity contribution in [3.63, 3.8) is 0 Å². The minimum absolute atomic E-state index is 0. The number of nitrogens with one attached hydrogen (secondary N) is 1. The van der Waals surface area contributed by atoms with Crippen molar-refractivity contribution in [2.45, 2.75) is 17.9 Å². The predicted molar refractivity (Wildman–Crippen MR) is 49.8 cm³/mol. The summed E-state index contributed by atoms with van der Waals surface area (Å²) in [7, 11) is -3.96. The van der Waals surface area contributed by atoms with Gasteiger partial charge >= 0.3 is 0 Å². The molecule has 1 aliphatic rings. The Labute approximate surface area is 81.5 Å². The highest BCUT2D eigenvalue weighted by molar-refractivity contribution is 7.93. The van der Waals surface area contributed by atoms with Gasteiger partial charge in [0, 0.05) is 13.0 Å². The molecule has 1 aliphatic heterocycles. The number of aromatic nitrogens is 2. The average molecular weight is 220 g/mol. The van der Waals surface area contributed by atoms with Crippen LogP contribution in [0.5, 0.6) is 5.88 Å². The quantitative estimate of drug-likeness (QED) is 0.751. The fourth-order valence-corrected chi connectivity index (χ4v) is 1.81. The van der Waals surface area contributed by atoms with Gasteiger partial charge in [0.15, 0.2) is 0 Å². The number of nitrogens with zero attached hydrogens (tertiary/aromatic N) is 2. The van der Waals surface area contributed by atoms with E-state index in [2.05, 4.69) is 5.10 Å². The monoisotopic (exact) mass is 220 g/mol. The summed E-state index contributed by atoms with van der Waals surface area (Å²) in [5.74, 6) is 0.196. The van der Waals surface area contributed by atoms with Gasteiger partial charge in [-0.3, -0.25) is 0 Å². The zero-order valence-electron chi connectivity index (χ0n) is 7.73. The van der Waals surface area contributed by atoms with Gasteiger partial charge in [-0.2, -0.15) is 5.10 Å². The molecule has 0 aromatic carbocycles. The number of hydrogen-bond donors (Lipinski definition) is 1. The lowest BCUT2D eigenvalue weighted by Crippen LogP contribution is -2.15. The first-order chi connectivity index (χ1) is 6.09. The van der Waals surface area contributed by atoms with Crippen LogP contribution >= 0.6 is 0 Å². The minimum atomic E-state index is -3.96. The summed E-state index contributed by atoms with van der Waals surface area (Å²) in [5, 5.41) is 10.7. The van der Waals surface area contributed by atoms with Crippen molar-refractivity contribution in [1.29, 1.82) is 0 Å². The first-order valence-electron chi connectivity index (χ1n) is 3.77. The van der Waals surface area contributed by atoms with Crippen LogP contribution in [0.1, 0.15) is 6.42 Å². The molecule has 14 heavy (non-hydrogen) atoms. The van der Waals surface area contributed by atoms with Crippen LogP contribution in [0.3, 0.4) is 0 Å². The summed E-state index contributed by atoms with van der Waals surface area (Å²) in [4.78, 5) is -0.146. The van der Waals surface area contributed by atoms with E-state index in [4.69, 9.17) is 9.88 Å². The molecular weight excluding hydrogens is 208 g/mol. The second kappa shape index (κ2) is 3.56. The highest BCUT2D eigenvalue weighted by Gasteiger charge is 2.19. The van der Waals surface area contributed by atoms with E-state index < -0.39 is 10.0 Å². The van der Waals surface area contributed by atoms with E-state index in [0.29, 0.717) is 13.2 Å². The Morgan fingerprint density at radius 1 is 1.57 bits per heavy atom. The Morgan fingerprint density at radius 3 is 2.93 bits per heavy atom. The lowest BCUT2D eigenvalue weighted by molar-refractivity contribution is 0.224. The third-order valence-corrected chi connectivity index (χ3v) is 2.66. The minimum Gasteiger partial charge on any atom is -0.560 e. The molecule has 2 rings (SSSR count). The molecule has 1 aromatic rings. The smallest absolute Gasteiger partial charge is 0.229 e. The Hall–Kier alpha value is -1.12. The normalized spacial score (nSPS) is 15.2. The Balaban J connectivity index is 0.000000980. The standard InChI is InChI=1S/C6H8N3O3S.H3N/c7-13(10,11)5-4-8-9-2-1-3-12-6(5)9;/h4H,1-3H2,(H-,7,10,11);1H3/q-1;/p+1. The van der Waals surface area contributed by atoms with Crippen molar-refractivity contribution in [1.82, 2.24) is 15.9 Å². The number of quaternary nitrogens is 1. The fourth-order valence-electron chi connectivity index (χ4n) is 1.23. The maximum absolute atomic E-state index is 10.9. The molecule has 5 N–H and O–H groups in total. The van der Waals surface area contributed by atoms with E-state index in [1.807, 2.05) is 0 Å². The molecule has 0 atom stereocenters. The largest absolute Gasteiger partial charge is 0.560 e. The van der Waals surface area contributed by atoms with Crippen molar-refractivity contribution in [3.8, 4) is 5.88 Å². The highest BCUT2D eigenvalue weighted by atomic mass is 32.2. The van der Waals surface area contributed by atoms with Gasteiger partial charge in [-0.25, -0.2) is 13.1 Å². The fraction of sp³-hybridized carbons (Fsp3) is 0.500. The molecular formula is C6H12N4O3S. The molecule has 0 spiro atoms. The summed E-state index contributed by atoms with van der Waals surface area (Å²) in [5.41, 5.74) is 0. The number of ether oxygens (including phenoxy) is 1. The molecule has 0 saturated heterocycles. The van der Waals surface area contributed by atoms with E-state index >= 15 is 0 Å². The summed E-state index contributed by atoms with van der Waals surface area (Å²) in [6.07, 6.45) is 1.97. The number of aryl methyl sites for hydroxylation is 1. The highest BCUT2D eigenvalue weighted by Crippen LogP contribution is 2.27.